The molecule has 2 N–H and O–H groups in total. The van der Waals surface area contributed by atoms with E-state index in [2.05, 4.69) is 22.3 Å². The van der Waals surface area contributed by atoms with Gasteiger partial charge in [-0.25, -0.2) is 0 Å². The molecule has 1 amide bonds. The Hall–Kier alpha value is -2.66. The molecule has 0 spiro atoms. The Labute approximate surface area is 147 Å². The number of anilines is 1. The van der Waals surface area contributed by atoms with Gasteiger partial charge in [0.2, 0.25) is 5.91 Å². The van der Waals surface area contributed by atoms with E-state index >= 15 is 0 Å². The average Bonchev–Trinajstić information content (AvgIpc) is 3.05. The van der Waals surface area contributed by atoms with E-state index in [-0.39, 0.29) is 18.4 Å². The zero-order chi connectivity index (χ0) is 17.6. The quantitative estimate of drug-likeness (QED) is 0.850. The maximum atomic E-state index is 12.6. The normalized spacial score (nSPS) is 17.4. The molecular weight excluding hydrogens is 316 g/mol. The minimum atomic E-state index is -0.862. The van der Waals surface area contributed by atoms with Crippen LogP contribution in [0.25, 0.3) is 0 Å². The number of carboxylic acids is 1. The maximum Gasteiger partial charge on any atom is 0.307 e. The summed E-state index contributed by atoms with van der Waals surface area (Å²) in [5.74, 6) is -0.862. The van der Waals surface area contributed by atoms with Crippen molar-refractivity contribution < 1.29 is 14.7 Å². The smallest absolute Gasteiger partial charge is 0.307 e. The minimum Gasteiger partial charge on any atom is -0.481 e. The lowest BCUT2D eigenvalue weighted by molar-refractivity contribution is -0.136. The number of aliphatic carboxylic acids is 1. The highest BCUT2D eigenvalue weighted by atomic mass is 16.4. The molecule has 1 fully saturated rings. The van der Waals surface area contributed by atoms with Crippen molar-refractivity contribution in [2.24, 2.45) is 0 Å². The predicted molar refractivity (Wildman–Crippen MR) is 96.3 cm³/mol. The van der Waals surface area contributed by atoms with Crippen molar-refractivity contribution in [1.29, 1.82) is 0 Å². The topological polar surface area (TPSA) is 69.6 Å². The van der Waals surface area contributed by atoms with Crippen molar-refractivity contribution in [2.75, 3.05) is 11.9 Å². The molecule has 0 radical (unpaired) electrons. The van der Waals surface area contributed by atoms with Gasteiger partial charge in [-0.15, -0.1) is 0 Å². The summed E-state index contributed by atoms with van der Waals surface area (Å²) in [5.41, 5.74) is 2.63. The standard InChI is InChI=1S/C20H22N2O3/c23-19(24)13-15-8-10-17(11-9-15)21-20(25)18-7-4-12-22(18)14-16-5-2-1-3-6-16/h1-3,5-6,8-11,18H,4,7,12-14H2,(H,21,25)(H,23,24). The van der Waals surface area contributed by atoms with E-state index < -0.39 is 5.97 Å². The predicted octanol–water partition coefficient (Wildman–Crippen LogP) is 2.92. The number of rotatable bonds is 6. The van der Waals surface area contributed by atoms with Gasteiger partial charge in [0.1, 0.15) is 0 Å². The molecule has 130 valence electrons. The van der Waals surface area contributed by atoms with Crippen molar-refractivity contribution in [3.63, 3.8) is 0 Å². The Morgan fingerprint density at radius 3 is 2.44 bits per heavy atom. The lowest BCUT2D eigenvalue weighted by Crippen LogP contribution is -2.39. The number of carboxylic acid groups (broad SMARTS) is 1. The van der Waals surface area contributed by atoms with Gasteiger partial charge in [0.25, 0.3) is 0 Å². The Kier molecular flexibility index (Phi) is 5.46. The Bertz CT molecular complexity index is 728. The zero-order valence-electron chi connectivity index (χ0n) is 14.0. The maximum absolute atomic E-state index is 12.6. The van der Waals surface area contributed by atoms with Gasteiger partial charge < -0.3 is 10.4 Å². The number of nitrogens with zero attached hydrogens (tertiary/aromatic N) is 1. The monoisotopic (exact) mass is 338 g/mol. The Morgan fingerprint density at radius 1 is 1.04 bits per heavy atom. The third-order valence-electron chi connectivity index (χ3n) is 4.47. The number of hydrogen-bond acceptors (Lipinski definition) is 3. The van der Waals surface area contributed by atoms with Crippen molar-refractivity contribution >= 4 is 17.6 Å². The van der Waals surface area contributed by atoms with Crippen molar-refractivity contribution in [1.82, 2.24) is 4.90 Å². The molecule has 1 heterocycles. The van der Waals surface area contributed by atoms with Crippen molar-refractivity contribution in [2.45, 2.75) is 31.8 Å². The van der Waals surface area contributed by atoms with Gasteiger partial charge >= 0.3 is 5.97 Å². The van der Waals surface area contributed by atoms with Gasteiger partial charge in [-0.05, 0) is 42.6 Å². The Balaban J connectivity index is 1.60. The van der Waals surface area contributed by atoms with Crippen LogP contribution in [0, 0.1) is 0 Å². The fraction of sp³-hybridized carbons (Fsp3) is 0.300. The van der Waals surface area contributed by atoms with E-state index in [0.717, 1.165) is 31.5 Å². The van der Waals surface area contributed by atoms with Crippen LogP contribution in [0.5, 0.6) is 0 Å². The number of benzene rings is 2. The first-order valence-corrected chi connectivity index (χ1v) is 8.51. The molecule has 2 aromatic rings. The van der Waals surface area contributed by atoms with Gasteiger partial charge in [0.15, 0.2) is 0 Å². The van der Waals surface area contributed by atoms with E-state index in [4.69, 9.17) is 5.11 Å². The number of carbonyl (C=O) groups excluding carboxylic acids is 1. The molecule has 5 heteroatoms. The van der Waals surface area contributed by atoms with Crippen molar-refractivity contribution in [3.05, 3.63) is 65.7 Å². The van der Waals surface area contributed by atoms with Crippen LogP contribution >= 0.6 is 0 Å². The van der Waals surface area contributed by atoms with Crippen LogP contribution in [0.2, 0.25) is 0 Å². The fourth-order valence-corrected chi connectivity index (χ4v) is 3.24. The molecule has 1 saturated heterocycles. The molecule has 1 unspecified atom stereocenters. The minimum absolute atomic E-state index is 0.000541. The van der Waals surface area contributed by atoms with E-state index in [9.17, 15) is 9.59 Å². The first kappa shape index (κ1) is 17.2. The molecule has 2 aromatic carbocycles. The molecule has 0 bridgehead atoms. The lowest BCUT2D eigenvalue weighted by Gasteiger charge is -2.23. The van der Waals surface area contributed by atoms with Gasteiger partial charge in [0, 0.05) is 12.2 Å². The van der Waals surface area contributed by atoms with Gasteiger partial charge in [-0.1, -0.05) is 42.5 Å². The second-order valence-electron chi connectivity index (χ2n) is 6.37. The highest BCUT2D eigenvalue weighted by Crippen LogP contribution is 2.22. The van der Waals surface area contributed by atoms with Crippen LogP contribution in [0.15, 0.2) is 54.6 Å². The highest BCUT2D eigenvalue weighted by molar-refractivity contribution is 5.95. The fourth-order valence-electron chi connectivity index (χ4n) is 3.24. The van der Waals surface area contributed by atoms with Crippen LogP contribution in [0.3, 0.4) is 0 Å². The molecule has 0 aromatic heterocycles. The van der Waals surface area contributed by atoms with Crippen LogP contribution in [-0.4, -0.2) is 34.5 Å². The second-order valence-corrected chi connectivity index (χ2v) is 6.37. The van der Waals surface area contributed by atoms with E-state index in [1.54, 1.807) is 24.3 Å². The molecular formula is C20H22N2O3. The lowest BCUT2D eigenvalue weighted by atomic mass is 10.1. The summed E-state index contributed by atoms with van der Waals surface area (Å²) < 4.78 is 0. The number of amides is 1. The molecule has 1 atom stereocenters. The van der Waals surface area contributed by atoms with Crippen LogP contribution in [0.1, 0.15) is 24.0 Å². The Morgan fingerprint density at radius 2 is 1.76 bits per heavy atom. The number of carbonyl (C=O) groups is 2. The number of likely N-dealkylation sites (tertiary alicyclic amines) is 1. The number of hydrogen-bond donors (Lipinski definition) is 2. The first-order chi connectivity index (χ1) is 12.1. The summed E-state index contributed by atoms with van der Waals surface area (Å²) in [6.45, 7) is 1.70. The zero-order valence-corrected chi connectivity index (χ0v) is 14.0. The van der Waals surface area contributed by atoms with Crippen molar-refractivity contribution in [3.8, 4) is 0 Å². The molecule has 1 aliphatic rings. The van der Waals surface area contributed by atoms with E-state index in [1.807, 2.05) is 18.2 Å². The summed E-state index contributed by atoms with van der Waals surface area (Å²) in [4.78, 5) is 25.6. The third-order valence-corrected chi connectivity index (χ3v) is 4.47. The molecule has 3 rings (SSSR count). The number of nitrogens with one attached hydrogen (secondary N) is 1. The summed E-state index contributed by atoms with van der Waals surface area (Å²) in [7, 11) is 0. The summed E-state index contributed by atoms with van der Waals surface area (Å²) >= 11 is 0. The SMILES string of the molecule is O=C(O)Cc1ccc(NC(=O)C2CCCN2Cc2ccccc2)cc1. The molecule has 0 aliphatic carbocycles. The van der Waals surface area contributed by atoms with Crippen LogP contribution in [0.4, 0.5) is 5.69 Å². The molecule has 1 aliphatic heterocycles. The van der Waals surface area contributed by atoms with Gasteiger partial charge in [-0.2, -0.15) is 0 Å². The van der Waals surface area contributed by atoms with E-state index in [1.165, 1.54) is 5.56 Å². The molecule has 25 heavy (non-hydrogen) atoms. The largest absolute Gasteiger partial charge is 0.481 e. The average molecular weight is 338 g/mol. The van der Waals surface area contributed by atoms with Gasteiger partial charge in [0.05, 0.1) is 12.5 Å². The summed E-state index contributed by atoms with van der Waals surface area (Å²) in [6, 6.07) is 17.0. The van der Waals surface area contributed by atoms with Crippen LogP contribution in [-0.2, 0) is 22.6 Å². The highest BCUT2D eigenvalue weighted by Gasteiger charge is 2.30. The molecule has 5 nitrogen and oxygen atoms in total. The van der Waals surface area contributed by atoms with Crippen LogP contribution < -0.4 is 5.32 Å². The van der Waals surface area contributed by atoms with Gasteiger partial charge in [-0.3, -0.25) is 14.5 Å². The first-order valence-electron chi connectivity index (χ1n) is 8.51. The molecule has 0 saturated carbocycles. The third kappa shape index (κ3) is 4.67. The summed E-state index contributed by atoms with van der Waals surface area (Å²) in [6.07, 6.45) is 1.86. The second kappa shape index (κ2) is 7.94. The van der Waals surface area contributed by atoms with E-state index in [0.29, 0.717) is 5.69 Å². The summed E-state index contributed by atoms with van der Waals surface area (Å²) in [5, 5.41) is 11.8.